The molecule has 1 aromatic carbocycles. The molecule has 0 atom stereocenters. The van der Waals surface area contributed by atoms with Gasteiger partial charge in [0.05, 0.1) is 10.2 Å². The summed E-state index contributed by atoms with van der Waals surface area (Å²) in [5.41, 5.74) is 2.45. The van der Waals surface area contributed by atoms with Crippen molar-refractivity contribution in [2.75, 3.05) is 19.6 Å². The lowest BCUT2D eigenvalue weighted by Crippen LogP contribution is -2.33. The summed E-state index contributed by atoms with van der Waals surface area (Å²) >= 11 is 1.39. The Morgan fingerprint density at radius 1 is 1.14 bits per heavy atom. The van der Waals surface area contributed by atoms with Crippen LogP contribution in [0.2, 0.25) is 0 Å². The van der Waals surface area contributed by atoms with Gasteiger partial charge in [-0.1, -0.05) is 37.2 Å². The lowest BCUT2D eigenvalue weighted by Gasteiger charge is -2.26. The summed E-state index contributed by atoms with van der Waals surface area (Å²) in [6, 6.07) is 6.51. The number of rotatable bonds is 5. The minimum atomic E-state index is 0.190. The number of aromatic nitrogens is 1. The van der Waals surface area contributed by atoms with Crippen molar-refractivity contribution in [3.8, 4) is 0 Å². The quantitative estimate of drug-likeness (QED) is 0.844. The molecule has 1 aliphatic rings. The van der Waals surface area contributed by atoms with Crippen molar-refractivity contribution in [3.63, 3.8) is 0 Å². The van der Waals surface area contributed by atoms with E-state index in [1.54, 1.807) is 0 Å². The summed E-state index contributed by atoms with van der Waals surface area (Å²) in [5.74, 6) is 0. The molecule has 1 aliphatic heterocycles. The van der Waals surface area contributed by atoms with E-state index in [-0.39, 0.29) is 4.87 Å². The van der Waals surface area contributed by atoms with Gasteiger partial charge >= 0.3 is 4.87 Å². The highest BCUT2D eigenvalue weighted by Gasteiger charge is 2.12. The SMILES string of the molecule is CCCc1ccc2c(c1)sc(=O)n2CCN1CCCCC1. The minimum absolute atomic E-state index is 0.190. The van der Waals surface area contributed by atoms with Crippen LogP contribution < -0.4 is 4.87 Å². The third kappa shape index (κ3) is 3.38. The van der Waals surface area contributed by atoms with E-state index in [1.165, 1.54) is 49.3 Å². The number of thiazole rings is 1. The second kappa shape index (κ2) is 6.75. The van der Waals surface area contributed by atoms with Crippen molar-refractivity contribution in [2.45, 2.75) is 45.6 Å². The van der Waals surface area contributed by atoms with Crippen LogP contribution in [-0.2, 0) is 13.0 Å². The summed E-state index contributed by atoms with van der Waals surface area (Å²) in [6.07, 6.45) is 6.21. The predicted molar refractivity (Wildman–Crippen MR) is 90.4 cm³/mol. The van der Waals surface area contributed by atoms with Crippen LogP contribution in [0.5, 0.6) is 0 Å². The normalized spacial score (nSPS) is 16.6. The van der Waals surface area contributed by atoms with E-state index in [0.717, 1.165) is 36.1 Å². The molecule has 0 bridgehead atoms. The first-order valence-corrected chi connectivity index (χ1v) is 8.94. The molecule has 2 heterocycles. The van der Waals surface area contributed by atoms with Gasteiger partial charge in [0.1, 0.15) is 0 Å². The van der Waals surface area contributed by atoms with E-state index in [1.807, 2.05) is 4.57 Å². The van der Waals surface area contributed by atoms with Crippen LogP contribution in [0.25, 0.3) is 10.2 Å². The van der Waals surface area contributed by atoms with Gasteiger partial charge < -0.3 is 4.90 Å². The molecule has 0 saturated carbocycles. The summed E-state index contributed by atoms with van der Waals surface area (Å²) in [7, 11) is 0. The molecule has 1 aromatic heterocycles. The van der Waals surface area contributed by atoms with Gasteiger partial charge in [-0.25, -0.2) is 0 Å². The number of benzene rings is 1. The van der Waals surface area contributed by atoms with Crippen molar-refractivity contribution in [3.05, 3.63) is 33.4 Å². The first-order chi connectivity index (χ1) is 10.3. The van der Waals surface area contributed by atoms with Crippen molar-refractivity contribution < 1.29 is 0 Å². The summed E-state index contributed by atoms with van der Waals surface area (Å²) in [5, 5.41) is 0. The number of fused-ring (bicyclic) bond motifs is 1. The molecule has 114 valence electrons. The van der Waals surface area contributed by atoms with Crippen LogP contribution in [0, 0.1) is 0 Å². The Balaban J connectivity index is 1.78. The first kappa shape index (κ1) is 14.8. The maximum atomic E-state index is 12.2. The third-order valence-electron chi connectivity index (χ3n) is 4.36. The molecule has 1 fully saturated rings. The van der Waals surface area contributed by atoms with Crippen LogP contribution >= 0.6 is 11.3 Å². The maximum Gasteiger partial charge on any atom is 0.308 e. The number of likely N-dealkylation sites (tertiary alicyclic amines) is 1. The third-order valence-corrected chi connectivity index (χ3v) is 5.30. The highest BCUT2D eigenvalue weighted by Crippen LogP contribution is 2.20. The fourth-order valence-electron chi connectivity index (χ4n) is 3.19. The molecular formula is C17H24N2OS. The standard InChI is InChI=1S/C17H24N2OS/c1-2-6-14-7-8-15-16(13-14)21-17(20)19(15)12-11-18-9-4-3-5-10-18/h7-8,13H,2-6,9-12H2,1H3. The highest BCUT2D eigenvalue weighted by molar-refractivity contribution is 7.16. The number of aryl methyl sites for hydroxylation is 1. The molecular weight excluding hydrogens is 280 g/mol. The van der Waals surface area contributed by atoms with Gasteiger partial charge in [-0.05, 0) is 50.0 Å². The van der Waals surface area contributed by atoms with Gasteiger partial charge in [0, 0.05) is 13.1 Å². The van der Waals surface area contributed by atoms with Crippen LogP contribution in [0.1, 0.15) is 38.2 Å². The molecule has 0 spiro atoms. The van der Waals surface area contributed by atoms with Gasteiger partial charge in [-0.15, -0.1) is 0 Å². The Morgan fingerprint density at radius 3 is 2.71 bits per heavy atom. The van der Waals surface area contributed by atoms with Gasteiger partial charge in [-0.2, -0.15) is 0 Å². The van der Waals surface area contributed by atoms with E-state index >= 15 is 0 Å². The molecule has 0 amide bonds. The molecule has 0 N–H and O–H groups in total. The van der Waals surface area contributed by atoms with Gasteiger partial charge in [0.25, 0.3) is 0 Å². The Hall–Kier alpha value is -1.13. The van der Waals surface area contributed by atoms with Crippen LogP contribution in [-0.4, -0.2) is 29.1 Å². The minimum Gasteiger partial charge on any atom is -0.302 e. The smallest absolute Gasteiger partial charge is 0.302 e. The van der Waals surface area contributed by atoms with E-state index < -0.39 is 0 Å². The number of hydrogen-bond donors (Lipinski definition) is 0. The predicted octanol–water partition coefficient (Wildman–Crippen LogP) is 3.50. The highest BCUT2D eigenvalue weighted by atomic mass is 32.1. The molecule has 21 heavy (non-hydrogen) atoms. The molecule has 4 heteroatoms. The first-order valence-electron chi connectivity index (χ1n) is 8.12. The van der Waals surface area contributed by atoms with Crippen LogP contribution in [0.15, 0.2) is 23.0 Å². The van der Waals surface area contributed by atoms with E-state index in [0.29, 0.717) is 0 Å². The monoisotopic (exact) mass is 304 g/mol. The zero-order chi connectivity index (χ0) is 14.7. The van der Waals surface area contributed by atoms with Crippen molar-refractivity contribution in [1.29, 1.82) is 0 Å². The number of hydrogen-bond acceptors (Lipinski definition) is 3. The average Bonchev–Trinajstić information content (AvgIpc) is 2.81. The molecule has 0 radical (unpaired) electrons. The molecule has 3 rings (SSSR count). The second-order valence-electron chi connectivity index (χ2n) is 5.97. The Labute approximate surface area is 130 Å². The zero-order valence-electron chi connectivity index (χ0n) is 12.8. The molecule has 0 aliphatic carbocycles. The largest absolute Gasteiger partial charge is 0.308 e. The summed E-state index contributed by atoms with van der Waals surface area (Å²) in [6.45, 7) is 6.40. The summed E-state index contributed by atoms with van der Waals surface area (Å²) < 4.78 is 3.11. The Bertz CT molecular complexity index is 652. The Morgan fingerprint density at radius 2 is 1.95 bits per heavy atom. The van der Waals surface area contributed by atoms with Crippen molar-refractivity contribution in [2.24, 2.45) is 0 Å². The van der Waals surface area contributed by atoms with Crippen LogP contribution in [0.3, 0.4) is 0 Å². The van der Waals surface area contributed by atoms with E-state index in [4.69, 9.17) is 0 Å². The topological polar surface area (TPSA) is 25.2 Å². The molecule has 0 unspecified atom stereocenters. The van der Waals surface area contributed by atoms with E-state index in [2.05, 4.69) is 30.0 Å². The number of piperidine rings is 1. The van der Waals surface area contributed by atoms with E-state index in [9.17, 15) is 4.79 Å². The fraction of sp³-hybridized carbons (Fsp3) is 0.588. The van der Waals surface area contributed by atoms with Gasteiger partial charge in [0.15, 0.2) is 0 Å². The number of nitrogens with zero attached hydrogens (tertiary/aromatic N) is 2. The maximum absolute atomic E-state index is 12.2. The average molecular weight is 304 g/mol. The van der Waals surface area contributed by atoms with Gasteiger partial charge in [-0.3, -0.25) is 9.36 Å². The Kier molecular flexibility index (Phi) is 4.76. The van der Waals surface area contributed by atoms with Crippen LogP contribution in [0.4, 0.5) is 0 Å². The zero-order valence-corrected chi connectivity index (χ0v) is 13.6. The fourth-order valence-corrected chi connectivity index (χ4v) is 4.17. The lowest BCUT2D eigenvalue weighted by molar-refractivity contribution is 0.221. The lowest BCUT2D eigenvalue weighted by atomic mass is 10.1. The molecule has 2 aromatic rings. The summed E-state index contributed by atoms with van der Waals surface area (Å²) in [4.78, 5) is 14.9. The van der Waals surface area contributed by atoms with Crippen molar-refractivity contribution >= 4 is 21.6 Å². The molecule has 3 nitrogen and oxygen atoms in total. The second-order valence-corrected chi connectivity index (χ2v) is 6.97. The van der Waals surface area contributed by atoms with Crippen molar-refractivity contribution in [1.82, 2.24) is 9.47 Å². The van der Waals surface area contributed by atoms with Gasteiger partial charge in [0.2, 0.25) is 0 Å². The molecule has 1 saturated heterocycles.